The van der Waals surface area contributed by atoms with Crippen LogP contribution in [0.15, 0.2) is 18.2 Å². The molecule has 0 bridgehead atoms. The SMILES string of the molecule is CCCCCCCCCc1ccc(CCCC)c(O)c1. The largest absolute Gasteiger partial charge is 0.508 e. The molecule has 1 N–H and O–H groups in total. The van der Waals surface area contributed by atoms with Crippen LogP contribution in [0.4, 0.5) is 0 Å². The van der Waals surface area contributed by atoms with Gasteiger partial charge in [0, 0.05) is 0 Å². The molecule has 0 aliphatic rings. The molecule has 0 fully saturated rings. The van der Waals surface area contributed by atoms with Gasteiger partial charge >= 0.3 is 0 Å². The van der Waals surface area contributed by atoms with E-state index in [1.165, 1.54) is 56.9 Å². The molecule has 0 aliphatic carbocycles. The molecule has 20 heavy (non-hydrogen) atoms. The van der Waals surface area contributed by atoms with Crippen LogP contribution in [-0.2, 0) is 12.8 Å². The summed E-state index contributed by atoms with van der Waals surface area (Å²) in [6, 6.07) is 6.28. The molecule has 0 spiro atoms. The van der Waals surface area contributed by atoms with Crippen molar-refractivity contribution < 1.29 is 5.11 Å². The number of benzene rings is 1. The first-order valence-corrected chi connectivity index (χ1v) is 8.58. The Bertz CT molecular complexity index is 357. The van der Waals surface area contributed by atoms with E-state index in [4.69, 9.17) is 0 Å². The average molecular weight is 276 g/mol. The van der Waals surface area contributed by atoms with E-state index < -0.39 is 0 Å². The van der Waals surface area contributed by atoms with Crippen molar-refractivity contribution in [2.75, 3.05) is 0 Å². The maximum Gasteiger partial charge on any atom is 0.119 e. The lowest BCUT2D eigenvalue weighted by atomic mass is 10.0. The molecule has 0 radical (unpaired) electrons. The molecular weight excluding hydrogens is 244 g/mol. The highest BCUT2D eigenvalue weighted by molar-refractivity contribution is 5.36. The third-order valence-corrected chi connectivity index (χ3v) is 4.02. The zero-order valence-corrected chi connectivity index (χ0v) is 13.5. The Morgan fingerprint density at radius 2 is 1.40 bits per heavy atom. The topological polar surface area (TPSA) is 20.2 Å². The van der Waals surface area contributed by atoms with Crippen LogP contribution in [0.25, 0.3) is 0 Å². The second kappa shape index (κ2) is 10.8. The van der Waals surface area contributed by atoms with Crippen LogP contribution in [0.1, 0.15) is 82.8 Å². The van der Waals surface area contributed by atoms with E-state index in [1.54, 1.807) is 0 Å². The summed E-state index contributed by atoms with van der Waals surface area (Å²) in [5.74, 6) is 0.499. The molecule has 1 aromatic rings. The Morgan fingerprint density at radius 1 is 0.750 bits per heavy atom. The van der Waals surface area contributed by atoms with Gasteiger partial charge in [0.15, 0.2) is 0 Å². The number of phenolic OH excluding ortho intramolecular Hbond substituents is 1. The van der Waals surface area contributed by atoms with Gasteiger partial charge < -0.3 is 5.11 Å². The van der Waals surface area contributed by atoms with Crippen LogP contribution >= 0.6 is 0 Å². The lowest BCUT2D eigenvalue weighted by Crippen LogP contribution is -1.90. The number of phenols is 1. The summed E-state index contributed by atoms with van der Waals surface area (Å²) in [6.07, 6.45) is 13.9. The third kappa shape index (κ3) is 6.98. The number of aryl methyl sites for hydroxylation is 2. The van der Waals surface area contributed by atoms with Crippen molar-refractivity contribution in [3.63, 3.8) is 0 Å². The molecule has 1 rings (SSSR count). The number of aromatic hydroxyl groups is 1. The second-order valence-electron chi connectivity index (χ2n) is 5.94. The van der Waals surface area contributed by atoms with E-state index in [9.17, 15) is 5.11 Å². The van der Waals surface area contributed by atoms with E-state index in [-0.39, 0.29) is 0 Å². The summed E-state index contributed by atoms with van der Waals surface area (Å²) in [4.78, 5) is 0. The standard InChI is InChI=1S/C19H32O/c1-3-5-7-8-9-10-11-12-17-14-15-18(13-6-4-2)19(20)16-17/h14-16,20H,3-13H2,1-2H3. The van der Waals surface area contributed by atoms with E-state index >= 15 is 0 Å². The van der Waals surface area contributed by atoms with Crippen molar-refractivity contribution in [1.29, 1.82) is 0 Å². The fourth-order valence-corrected chi connectivity index (χ4v) is 2.63. The summed E-state index contributed by atoms with van der Waals surface area (Å²) >= 11 is 0. The molecule has 0 aromatic heterocycles. The molecule has 1 aromatic carbocycles. The highest BCUT2D eigenvalue weighted by atomic mass is 16.3. The van der Waals surface area contributed by atoms with Gasteiger partial charge in [-0.25, -0.2) is 0 Å². The summed E-state index contributed by atoms with van der Waals surface area (Å²) in [5.41, 5.74) is 2.39. The van der Waals surface area contributed by atoms with Gasteiger partial charge in [-0.2, -0.15) is 0 Å². The van der Waals surface area contributed by atoms with Gasteiger partial charge in [-0.3, -0.25) is 0 Å². The molecule has 0 amide bonds. The maximum atomic E-state index is 10.0. The summed E-state index contributed by atoms with van der Waals surface area (Å²) in [6.45, 7) is 4.45. The molecule has 0 saturated heterocycles. The van der Waals surface area contributed by atoms with Crippen LogP contribution in [0.2, 0.25) is 0 Å². The van der Waals surface area contributed by atoms with Gasteiger partial charge in [-0.15, -0.1) is 0 Å². The van der Waals surface area contributed by atoms with Gasteiger partial charge in [-0.1, -0.05) is 70.9 Å². The molecule has 0 atom stereocenters. The Balaban J connectivity index is 2.22. The zero-order valence-electron chi connectivity index (χ0n) is 13.5. The lowest BCUT2D eigenvalue weighted by Gasteiger charge is -2.07. The Hall–Kier alpha value is -0.980. The Labute approximate surface area is 125 Å². The predicted octanol–water partition coefficient (Wildman–Crippen LogP) is 6.03. The summed E-state index contributed by atoms with van der Waals surface area (Å²) in [5, 5.41) is 10.0. The summed E-state index contributed by atoms with van der Waals surface area (Å²) in [7, 11) is 0. The van der Waals surface area contributed by atoms with Crippen molar-refractivity contribution in [2.45, 2.75) is 84.5 Å². The van der Waals surface area contributed by atoms with Crippen LogP contribution in [0.3, 0.4) is 0 Å². The van der Waals surface area contributed by atoms with Crippen molar-refractivity contribution in [3.05, 3.63) is 29.3 Å². The van der Waals surface area contributed by atoms with E-state index in [2.05, 4.69) is 26.0 Å². The monoisotopic (exact) mass is 276 g/mol. The minimum atomic E-state index is 0.499. The molecule has 0 aliphatic heterocycles. The number of hydrogen-bond donors (Lipinski definition) is 1. The van der Waals surface area contributed by atoms with Crippen molar-refractivity contribution >= 4 is 0 Å². The second-order valence-corrected chi connectivity index (χ2v) is 5.94. The smallest absolute Gasteiger partial charge is 0.119 e. The first-order chi connectivity index (χ1) is 9.77. The van der Waals surface area contributed by atoms with Gasteiger partial charge in [0.2, 0.25) is 0 Å². The van der Waals surface area contributed by atoms with Crippen LogP contribution < -0.4 is 0 Å². The predicted molar refractivity (Wildman–Crippen MR) is 88.4 cm³/mol. The third-order valence-electron chi connectivity index (χ3n) is 4.02. The van der Waals surface area contributed by atoms with Gasteiger partial charge in [0.05, 0.1) is 0 Å². The zero-order chi connectivity index (χ0) is 14.6. The molecule has 0 unspecified atom stereocenters. The first-order valence-electron chi connectivity index (χ1n) is 8.58. The number of unbranched alkanes of at least 4 members (excludes halogenated alkanes) is 7. The Morgan fingerprint density at radius 3 is 2.05 bits per heavy atom. The highest BCUT2D eigenvalue weighted by Crippen LogP contribution is 2.22. The van der Waals surface area contributed by atoms with Gasteiger partial charge in [0.25, 0.3) is 0 Å². The number of rotatable bonds is 11. The molecule has 1 heteroatoms. The number of hydrogen-bond acceptors (Lipinski definition) is 1. The first kappa shape index (κ1) is 17.1. The lowest BCUT2D eigenvalue weighted by molar-refractivity contribution is 0.466. The normalized spacial score (nSPS) is 10.9. The van der Waals surface area contributed by atoms with Gasteiger partial charge in [-0.05, 0) is 42.9 Å². The average Bonchev–Trinajstić information content (AvgIpc) is 2.45. The fraction of sp³-hybridized carbons (Fsp3) is 0.684. The van der Waals surface area contributed by atoms with Crippen molar-refractivity contribution in [1.82, 2.24) is 0 Å². The summed E-state index contributed by atoms with van der Waals surface area (Å²) < 4.78 is 0. The maximum absolute atomic E-state index is 10.0. The van der Waals surface area contributed by atoms with Crippen LogP contribution in [0.5, 0.6) is 5.75 Å². The van der Waals surface area contributed by atoms with Gasteiger partial charge in [0.1, 0.15) is 5.75 Å². The van der Waals surface area contributed by atoms with E-state index in [0.717, 1.165) is 24.8 Å². The van der Waals surface area contributed by atoms with Crippen LogP contribution in [0, 0.1) is 0 Å². The van der Waals surface area contributed by atoms with E-state index in [0.29, 0.717) is 5.75 Å². The Kier molecular flexibility index (Phi) is 9.19. The molecule has 0 saturated carbocycles. The van der Waals surface area contributed by atoms with E-state index in [1.807, 2.05) is 6.07 Å². The highest BCUT2D eigenvalue weighted by Gasteiger charge is 2.02. The molecule has 114 valence electrons. The molecule has 1 nitrogen and oxygen atoms in total. The minimum Gasteiger partial charge on any atom is -0.508 e. The molecule has 0 heterocycles. The quantitative estimate of drug-likeness (QED) is 0.489. The fourth-order valence-electron chi connectivity index (χ4n) is 2.63. The van der Waals surface area contributed by atoms with Crippen LogP contribution in [-0.4, -0.2) is 5.11 Å². The molecular formula is C19H32O. The van der Waals surface area contributed by atoms with Crippen molar-refractivity contribution in [3.8, 4) is 5.75 Å². The van der Waals surface area contributed by atoms with Crippen molar-refractivity contribution in [2.24, 2.45) is 0 Å². The minimum absolute atomic E-state index is 0.499.